The number of halogens is 3. The van der Waals surface area contributed by atoms with Crippen molar-refractivity contribution in [2.45, 2.75) is 20.0 Å². The van der Waals surface area contributed by atoms with Gasteiger partial charge in [0.25, 0.3) is 0 Å². The van der Waals surface area contributed by atoms with Gasteiger partial charge in [-0.2, -0.15) is 13.2 Å². The highest BCUT2D eigenvalue weighted by atomic mass is 19.4. The molecule has 0 aromatic heterocycles. The molecule has 0 atom stereocenters. The van der Waals surface area contributed by atoms with Gasteiger partial charge in [0, 0.05) is 6.08 Å². The van der Waals surface area contributed by atoms with Gasteiger partial charge in [0.1, 0.15) is 0 Å². The summed E-state index contributed by atoms with van der Waals surface area (Å²) in [5.74, 6) is -1.61. The molecule has 13 heavy (non-hydrogen) atoms. The molecule has 0 aliphatic carbocycles. The molecule has 0 radical (unpaired) electrons. The van der Waals surface area contributed by atoms with Gasteiger partial charge in [-0.15, -0.1) is 0 Å². The lowest BCUT2D eigenvalue weighted by molar-refractivity contribution is -0.132. The van der Waals surface area contributed by atoms with Crippen LogP contribution in [0.3, 0.4) is 0 Å². The first-order chi connectivity index (χ1) is 5.73. The highest BCUT2D eigenvalue weighted by Gasteiger charge is 2.32. The fourth-order valence-electron chi connectivity index (χ4n) is 0.649. The maximum absolute atomic E-state index is 12.1. The number of hydrogen-bond acceptors (Lipinski definition) is 1. The molecule has 0 rings (SSSR count). The van der Waals surface area contributed by atoms with Gasteiger partial charge >= 0.3 is 12.1 Å². The second-order valence-electron chi connectivity index (χ2n) is 2.66. The summed E-state index contributed by atoms with van der Waals surface area (Å²) >= 11 is 0. The highest BCUT2D eigenvalue weighted by molar-refractivity contribution is 5.81. The van der Waals surface area contributed by atoms with Crippen LogP contribution in [0.25, 0.3) is 0 Å². The van der Waals surface area contributed by atoms with Gasteiger partial charge in [0.05, 0.1) is 5.57 Å². The molecule has 0 aliphatic rings. The van der Waals surface area contributed by atoms with Gasteiger partial charge in [-0.3, -0.25) is 0 Å². The van der Waals surface area contributed by atoms with Crippen LogP contribution in [0.4, 0.5) is 13.2 Å². The number of rotatable bonds is 2. The fraction of sp³-hybridized carbons (Fsp3) is 0.375. The summed E-state index contributed by atoms with van der Waals surface area (Å²) in [6.45, 7) is 2.92. The molecule has 0 bridgehead atoms. The second-order valence-corrected chi connectivity index (χ2v) is 2.66. The zero-order valence-corrected chi connectivity index (χ0v) is 7.14. The molecule has 0 aromatic carbocycles. The molecule has 1 N–H and O–H groups in total. The van der Waals surface area contributed by atoms with E-state index >= 15 is 0 Å². The number of alkyl halides is 3. The summed E-state index contributed by atoms with van der Waals surface area (Å²) in [4.78, 5) is 10.0. The van der Waals surface area contributed by atoms with Gasteiger partial charge in [-0.1, -0.05) is 11.6 Å². The molecule has 0 aromatic rings. The largest absolute Gasteiger partial charge is 0.478 e. The van der Waals surface area contributed by atoms with E-state index in [4.69, 9.17) is 5.11 Å². The van der Waals surface area contributed by atoms with Crippen molar-refractivity contribution in [3.63, 3.8) is 0 Å². The molecule has 2 nitrogen and oxygen atoms in total. The third kappa shape index (κ3) is 5.05. The maximum atomic E-state index is 12.1. The van der Waals surface area contributed by atoms with Gasteiger partial charge in [0.2, 0.25) is 0 Å². The van der Waals surface area contributed by atoms with E-state index in [9.17, 15) is 18.0 Å². The van der Waals surface area contributed by atoms with Crippen molar-refractivity contribution in [1.29, 1.82) is 0 Å². The Labute approximate surface area is 73.4 Å². The molecular weight excluding hydrogens is 185 g/mol. The summed E-state index contributed by atoms with van der Waals surface area (Å²) in [5, 5.41) is 8.15. The van der Waals surface area contributed by atoms with Crippen molar-refractivity contribution in [3.8, 4) is 0 Å². The minimum Gasteiger partial charge on any atom is -0.478 e. The SMILES string of the molecule is CC(C)=C/C(=C/C(=O)O)C(F)(F)F. The fourth-order valence-corrected chi connectivity index (χ4v) is 0.649. The van der Waals surface area contributed by atoms with Crippen molar-refractivity contribution in [2.75, 3.05) is 0 Å². The Morgan fingerprint density at radius 1 is 1.23 bits per heavy atom. The minimum absolute atomic E-state index is 0.146. The third-order valence-electron chi connectivity index (χ3n) is 1.05. The second kappa shape index (κ2) is 4.11. The normalized spacial score (nSPS) is 12.5. The third-order valence-corrected chi connectivity index (χ3v) is 1.05. The molecule has 0 fully saturated rings. The van der Waals surface area contributed by atoms with E-state index in [0.717, 1.165) is 6.08 Å². The van der Waals surface area contributed by atoms with Gasteiger partial charge in [-0.05, 0) is 13.8 Å². The van der Waals surface area contributed by atoms with Crippen LogP contribution in [0.2, 0.25) is 0 Å². The Bertz CT molecular complexity index is 257. The van der Waals surface area contributed by atoms with E-state index in [1.165, 1.54) is 13.8 Å². The average Bonchev–Trinajstić information content (AvgIpc) is 1.81. The highest BCUT2D eigenvalue weighted by Crippen LogP contribution is 2.27. The van der Waals surface area contributed by atoms with Crippen LogP contribution in [-0.4, -0.2) is 17.3 Å². The zero-order chi connectivity index (χ0) is 10.6. The van der Waals surface area contributed by atoms with E-state index in [0.29, 0.717) is 5.57 Å². The van der Waals surface area contributed by atoms with E-state index < -0.39 is 17.7 Å². The molecule has 0 aliphatic heterocycles. The average molecular weight is 194 g/mol. The molecule has 0 amide bonds. The molecule has 0 saturated carbocycles. The van der Waals surface area contributed by atoms with E-state index in [-0.39, 0.29) is 6.08 Å². The first kappa shape index (κ1) is 11.7. The van der Waals surface area contributed by atoms with E-state index in [1.807, 2.05) is 0 Å². The van der Waals surface area contributed by atoms with Crippen molar-refractivity contribution in [3.05, 3.63) is 23.3 Å². The van der Waals surface area contributed by atoms with Crippen LogP contribution in [0.15, 0.2) is 23.3 Å². The number of carboxylic acid groups (broad SMARTS) is 1. The van der Waals surface area contributed by atoms with Crippen molar-refractivity contribution in [1.82, 2.24) is 0 Å². The van der Waals surface area contributed by atoms with Crippen LogP contribution in [0.1, 0.15) is 13.8 Å². The smallest absolute Gasteiger partial charge is 0.416 e. The monoisotopic (exact) mass is 194 g/mol. The zero-order valence-electron chi connectivity index (χ0n) is 7.14. The van der Waals surface area contributed by atoms with Crippen LogP contribution in [0.5, 0.6) is 0 Å². The number of allylic oxidation sites excluding steroid dienone is 3. The predicted molar refractivity (Wildman–Crippen MR) is 41.2 cm³/mol. The lowest BCUT2D eigenvalue weighted by atomic mass is 10.1. The number of carbonyl (C=O) groups is 1. The summed E-state index contributed by atoms with van der Waals surface area (Å²) < 4.78 is 36.2. The van der Waals surface area contributed by atoms with Gasteiger partial charge < -0.3 is 5.11 Å². The van der Waals surface area contributed by atoms with Crippen LogP contribution >= 0.6 is 0 Å². The minimum atomic E-state index is -4.62. The quantitative estimate of drug-likeness (QED) is 0.541. The standard InChI is InChI=1S/C8H9F3O2/c1-5(2)3-6(4-7(12)13)8(9,10)11/h3-4H,1-2H3,(H,12,13)/b6-4-. The van der Waals surface area contributed by atoms with Crippen molar-refractivity contribution >= 4 is 5.97 Å². The topological polar surface area (TPSA) is 37.3 Å². The molecular formula is C8H9F3O2. The Morgan fingerprint density at radius 2 is 1.69 bits per heavy atom. The van der Waals surface area contributed by atoms with E-state index in [2.05, 4.69) is 0 Å². The molecule has 74 valence electrons. The van der Waals surface area contributed by atoms with Crippen LogP contribution in [-0.2, 0) is 4.79 Å². The molecule has 0 heterocycles. The first-order valence-corrected chi connectivity index (χ1v) is 3.40. The molecule has 5 heteroatoms. The Balaban J connectivity index is 5.00. The Kier molecular flexibility index (Phi) is 3.71. The van der Waals surface area contributed by atoms with Crippen molar-refractivity contribution in [2.24, 2.45) is 0 Å². The first-order valence-electron chi connectivity index (χ1n) is 3.40. The van der Waals surface area contributed by atoms with Crippen molar-refractivity contribution < 1.29 is 23.1 Å². The van der Waals surface area contributed by atoms with E-state index in [1.54, 1.807) is 0 Å². The van der Waals surface area contributed by atoms with Gasteiger partial charge in [-0.25, -0.2) is 4.79 Å². The lowest BCUT2D eigenvalue weighted by Crippen LogP contribution is -2.12. The summed E-state index contributed by atoms with van der Waals surface area (Å²) in [7, 11) is 0. The number of hydrogen-bond donors (Lipinski definition) is 1. The molecule has 0 unspecified atom stereocenters. The Morgan fingerprint density at radius 3 is 1.92 bits per heavy atom. The summed E-state index contributed by atoms with van der Waals surface area (Å²) in [5.41, 5.74) is -0.759. The maximum Gasteiger partial charge on any atom is 0.416 e. The molecule has 0 saturated heterocycles. The Hall–Kier alpha value is -1.26. The van der Waals surface area contributed by atoms with Gasteiger partial charge in [0.15, 0.2) is 0 Å². The predicted octanol–water partition coefficient (Wildman–Crippen LogP) is 2.53. The van der Waals surface area contributed by atoms with Crippen LogP contribution < -0.4 is 0 Å². The molecule has 0 spiro atoms. The lowest BCUT2D eigenvalue weighted by Gasteiger charge is -2.06. The summed E-state index contributed by atoms with van der Waals surface area (Å²) in [6, 6.07) is 0. The number of aliphatic carboxylic acids is 1. The number of carboxylic acids is 1. The van der Waals surface area contributed by atoms with Crippen LogP contribution in [0, 0.1) is 0 Å². The summed E-state index contributed by atoms with van der Waals surface area (Å²) in [6.07, 6.45) is -3.68.